The molecule has 0 radical (unpaired) electrons. The lowest BCUT2D eigenvalue weighted by atomic mass is 10.3. The average molecular weight is 318 g/mol. The number of H-pyrrole nitrogens is 1. The van der Waals surface area contributed by atoms with E-state index < -0.39 is 0 Å². The number of nitrogens with one attached hydrogen (secondary N) is 2. The number of para-hydroxylation sites is 2. The summed E-state index contributed by atoms with van der Waals surface area (Å²) in [5.74, 6) is 1.65. The van der Waals surface area contributed by atoms with Crippen LogP contribution in [0.4, 0.5) is 11.6 Å². The van der Waals surface area contributed by atoms with Crippen molar-refractivity contribution in [3.63, 3.8) is 0 Å². The van der Waals surface area contributed by atoms with E-state index in [-0.39, 0.29) is 12.4 Å². The fourth-order valence-electron chi connectivity index (χ4n) is 2.12. The standard InChI is InChI=1S/C17H19N3O.ClH/c1-2-3-12-21-14-10-8-13(9-11-14)18-17-19-15-6-4-5-7-16(15)20-17;/h4-11H,2-3,12H2,1H3,(H2,18,19,20);1H. The predicted octanol–water partition coefficient (Wildman–Crippen LogP) is 4.91. The molecule has 0 saturated carbocycles. The number of nitrogens with zero attached hydrogens (tertiary/aromatic N) is 1. The first-order valence-corrected chi connectivity index (χ1v) is 7.30. The van der Waals surface area contributed by atoms with E-state index in [9.17, 15) is 0 Å². The van der Waals surface area contributed by atoms with Crippen molar-refractivity contribution in [3.8, 4) is 5.75 Å². The van der Waals surface area contributed by atoms with Crippen LogP contribution in [0.25, 0.3) is 11.0 Å². The Morgan fingerprint density at radius 2 is 1.86 bits per heavy atom. The number of aromatic amines is 1. The largest absolute Gasteiger partial charge is 0.494 e. The van der Waals surface area contributed by atoms with Crippen molar-refractivity contribution in [1.29, 1.82) is 0 Å². The van der Waals surface area contributed by atoms with E-state index in [2.05, 4.69) is 22.2 Å². The minimum atomic E-state index is 0. The van der Waals surface area contributed by atoms with E-state index in [4.69, 9.17) is 4.74 Å². The molecule has 22 heavy (non-hydrogen) atoms. The van der Waals surface area contributed by atoms with Gasteiger partial charge in [-0.3, -0.25) is 0 Å². The number of rotatable bonds is 6. The number of anilines is 2. The Bertz CT molecular complexity index is 676. The van der Waals surface area contributed by atoms with Gasteiger partial charge in [0.05, 0.1) is 17.6 Å². The number of hydrogen-bond donors (Lipinski definition) is 2. The predicted molar refractivity (Wildman–Crippen MR) is 93.5 cm³/mol. The van der Waals surface area contributed by atoms with Gasteiger partial charge in [0.2, 0.25) is 5.95 Å². The topological polar surface area (TPSA) is 49.9 Å². The number of unbranched alkanes of at least 4 members (excludes halogenated alkanes) is 1. The molecule has 0 fully saturated rings. The smallest absolute Gasteiger partial charge is 0.205 e. The van der Waals surface area contributed by atoms with Gasteiger partial charge in [-0.15, -0.1) is 12.4 Å². The highest BCUT2D eigenvalue weighted by molar-refractivity contribution is 5.85. The van der Waals surface area contributed by atoms with Crippen LogP contribution < -0.4 is 10.1 Å². The summed E-state index contributed by atoms with van der Waals surface area (Å²) in [6.45, 7) is 2.93. The molecule has 3 rings (SSSR count). The zero-order valence-electron chi connectivity index (χ0n) is 12.5. The summed E-state index contributed by atoms with van der Waals surface area (Å²) in [4.78, 5) is 7.74. The Morgan fingerprint density at radius 1 is 1.09 bits per heavy atom. The molecule has 1 heterocycles. The van der Waals surface area contributed by atoms with E-state index >= 15 is 0 Å². The van der Waals surface area contributed by atoms with E-state index in [0.717, 1.165) is 47.9 Å². The fraction of sp³-hybridized carbons (Fsp3) is 0.235. The van der Waals surface area contributed by atoms with Crippen LogP contribution in [-0.4, -0.2) is 16.6 Å². The molecule has 0 aliphatic rings. The Kier molecular flexibility index (Phi) is 5.67. The summed E-state index contributed by atoms with van der Waals surface area (Å²) in [6, 6.07) is 15.9. The van der Waals surface area contributed by atoms with Crippen molar-refractivity contribution >= 4 is 35.1 Å². The molecule has 0 spiro atoms. The second-order valence-electron chi connectivity index (χ2n) is 4.95. The zero-order valence-corrected chi connectivity index (χ0v) is 13.3. The van der Waals surface area contributed by atoms with Crippen LogP contribution in [0.5, 0.6) is 5.75 Å². The molecule has 0 amide bonds. The molecular weight excluding hydrogens is 298 g/mol. The minimum Gasteiger partial charge on any atom is -0.494 e. The molecule has 0 unspecified atom stereocenters. The summed E-state index contributed by atoms with van der Waals surface area (Å²) < 4.78 is 5.65. The van der Waals surface area contributed by atoms with Crippen molar-refractivity contribution < 1.29 is 4.74 Å². The maximum Gasteiger partial charge on any atom is 0.205 e. The van der Waals surface area contributed by atoms with Crippen LogP contribution in [0, 0.1) is 0 Å². The first-order valence-electron chi connectivity index (χ1n) is 7.30. The van der Waals surface area contributed by atoms with E-state index in [1.165, 1.54) is 0 Å². The summed E-state index contributed by atoms with van der Waals surface area (Å²) in [6.07, 6.45) is 2.23. The molecule has 0 atom stereocenters. The number of benzene rings is 2. The van der Waals surface area contributed by atoms with E-state index in [1.54, 1.807) is 0 Å². The van der Waals surface area contributed by atoms with E-state index in [0.29, 0.717) is 0 Å². The third-order valence-electron chi connectivity index (χ3n) is 3.27. The molecule has 0 saturated heterocycles. The molecule has 2 aromatic carbocycles. The summed E-state index contributed by atoms with van der Waals surface area (Å²) in [5, 5.41) is 3.27. The van der Waals surface area contributed by atoms with Gasteiger partial charge in [-0.1, -0.05) is 25.5 Å². The van der Waals surface area contributed by atoms with Gasteiger partial charge in [-0.25, -0.2) is 4.98 Å². The number of aromatic nitrogens is 2. The van der Waals surface area contributed by atoms with Gasteiger partial charge in [0.1, 0.15) is 5.75 Å². The fourth-order valence-corrected chi connectivity index (χ4v) is 2.12. The third kappa shape index (κ3) is 3.92. The molecule has 3 aromatic rings. The van der Waals surface area contributed by atoms with Crippen LogP contribution in [0.2, 0.25) is 0 Å². The Hall–Kier alpha value is -2.20. The molecule has 4 nitrogen and oxygen atoms in total. The van der Waals surface area contributed by atoms with Gasteiger partial charge < -0.3 is 15.0 Å². The molecule has 1 aromatic heterocycles. The molecular formula is C17H20ClN3O. The summed E-state index contributed by atoms with van der Waals surface area (Å²) in [5.41, 5.74) is 2.97. The lowest BCUT2D eigenvalue weighted by molar-refractivity contribution is 0.309. The second-order valence-corrected chi connectivity index (χ2v) is 4.95. The van der Waals surface area contributed by atoms with Crippen LogP contribution in [-0.2, 0) is 0 Å². The monoisotopic (exact) mass is 317 g/mol. The van der Waals surface area contributed by atoms with Crippen molar-refractivity contribution in [3.05, 3.63) is 48.5 Å². The van der Waals surface area contributed by atoms with Crippen molar-refractivity contribution in [2.75, 3.05) is 11.9 Å². The highest BCUT2D eigenvalue weighted by Gasteiger charge is 2.02. The van der Waals surface area contributed by atoms with Crippen LogP contribution in [0.15, 0.2) is 48.5 Å². The minimum absolute atomic E-state index is 0. The average Bonchev–Trinajstić information content (AvgIpc) is 2.91. The molecule has 2 N–H and O–H groups in total. The first-order chi connectivity index (χ1) is 10.3. The SMILES string of the molecule is CCCCOc1ccc(Nc2nc3ccccc3[nH]2)cc1.Cl. The van der Waals surface area contributed by atoms with E-state index in [1.807, 2.05) is 48.5 Å². The number of imidazole rings is 1. The Balaban J connectivity index is 0.00000176. The van der Waals surface area contributed by atoms with Gasteiger partial charge in [0.25, 0.3) is 0 Å². The zero-order chi connectivity index (χ0) is 14.5. The van der Waals surface area contributed by atoms with Crippen molar-refractivity contribution in [2.45, 2.75) is 19.8 Å². The second kappa shape index (κ2) is 7.71. The molecule has 0 bridgehead atoms. The van der Waals surface area contributed by atoms with Crippen LogP contribution >= 0.6 is 12.4 Å². The van der Waals surface area contributed by atoms with Gasteiger partial charge in [0.15, 0.2) is 0 Å². The van der Waals surface area contributed by atoms with Gasteiger partial charge in [0, 0.05) is 5.69 Å². The first kappa shape index (κ1) is 16.2. The quantitative estimate of drug-likeness (QED) is 0.635. The number of hydrogen-bond acceptors (Lipinski definition) is 3. The number of fused-ring (bicyclic) bond motifs is 1. The maximum absolute atomic E-state index is 5.65. The van der Waals surface area contributed by atoms with Gasteiger partial charge in [-0.2, -0.15) is 0 Å². The molecule has 0 aliphatic carbocycles. The maximum atomic E-state index is 5.65. The normalized spacial score (nSPS) is 10.2. The molecule has 116 valence electrons. The number of ether oxygens (including phenoxy) is 1. The summed E-state index contributed by atoms with van der Waals surface area (Å²) >= 11 is 0. The van der Waals surface area contributed by atoms with Gasteiger partial charge >= 0.3 is 0 Å². The van der Waals surface area contributed by atoms with Crippen molar-refractivity contribution in [1.82, 2.24) is 9.97 Å². The lowest BCUT2D eigenvalue weighted by Crippen LogP contribution is -1.97. The summed E-state index contributed by atoms with van der Waals surface area (Å²) in [7, 11) is 0. The van der Waals surface area contributed by atoms with Crippen molar-refractivity contribution in [2.24, 2.45) is 0 Å². The Morgan fingerprint density at radius 3 is 2.59 bits per heavy atom. The van der Waals surface area contributed by atoms with Crippen LogP contribution in [0.1, 0.15) is 19.8 Å². The highest BCUT2D eigenvalue weighted by Crippen LogP contribution is 2.20. The van der Waals surface area contributed by atoms with Gasteiger partial charge in [-0.05, 0) is 42.8 Å². The number of halogens is 1. The highest BCUT2D eigenvalue weighted by atomic mass is 35.5. The Labute approximate surface area is 136 Å². The lowest BCUT2D eigenvalue weighted by Gasteiger charge is -2.07. The molecule has 5 heteroatoms. The molecule has 0 aliphatic heterocycles. The van der Waals surface area contributed by atoms with Crippen LogP contribution in [0.3, 0.4) is 0 Å². The third-order valence-corrected chi connectivity index (χ3v) is 3.27.